The average Bonchev–Trinajstić information content (AvgIpc) is 0. The van der Waals surface area contributed by atoms with E-state index in [4.69, 9.17) is 0 Å². The first kappa shape index (κ1) is 29.3. The van der Waals surface area contributed by atoms with Crippen LogP contribution in [0.25, 0.3) is 0 Å². The third kappa shape index (κ3) is 8.84. The van der Waals surface area contributed by atoms with Gasteiger partial charge in [0.25, 0.3) is 0 Å². The SMILES string of the molecule is S.[Cd].[GaH3].[InH3]. The van der Waals surface area contributed by atoms with Crippen LogP contribution < -0.4 is 0 Å². The quantitative estimate of drug-likeness (QED) is 0.438. The Morgan fingerprint density at radius 1 is 1.00 bits per heavy atom. The zero-order valence-electron chi connectivity index (χ0n) is 1.21. The molecule has 0 N–H and O–H groups in total. The van der Waals surface area contributed by atoms with E-state index in [0.29, 0.717) is 0 Å². The first-order chi connectivity index (χ1) is 0. The molecule has 0 aromatic heterocycles. The molecule has 0 rings (SSSR count). The molecule has 4 heavy (non-hydrogen) atoms. The molecule has 0 aromatic carbocycles. The molecule has 0 nitrogen and oxygen atoms in total. The van der Waals surface area contributed by atoms with Crippen molar-refractivity contribution in [1.82, 2.24) is 0 Å². The van der Waals surface area contributed by atoms with E-state index in [1.165, 1.54) is 0 Å². The van der Waals surface area contributed by atoms with Crippen LogP contribution in [0.15, 0.2) is 0 Å². The van der Waals surface area contributed by atoms with Gasteiger partial charge < -0.3 is 0 Å². The van der Waals surface area contributed by atoms with Gasteiger partial charge in [0.05, 0.1) is 0 Å². The molecule has 0 atom stereocenters. The third-order valence-electron chi connectivity index (χ3n) is 0. The molecule has 0 saturated carbocycles. The molecule has 0 unspecified atom stereocenters. The van der Waals surface area contributed by atoms with Crippen LogP contribution in [0.3, 0.4) is 0 Å². The second-order valence-electron chi connectivity index (χ2n) is 0. The fourth-order valence-corrected chi connectivity index (χ4v) is 0. The van der Waals surface area contributed by atoms with Crippen molar-refractivity contribution in [2.24, 2.45) is 0 Å². The Hall–Kier alpha value is 2.78. The van der Waals surface area contributed by atoms with E-state index in [9.17, 15) is 0 Å². The summed E-state index contributed by atoms with van der Waals surface area (Å²) in [6.45, 7) is 0. The number of rotatable bonds is 0. The van der Waals surface area contributed by atoms with Gasteiger partial charge in [-0.1, -0.05) is 0 Å². The molecule has 0 aliphatic carbocycles. The molecule has 0 saturated heterocycles. The molecule has 0 aliphatic heterocycles. The summed E-state index contributed by atoms with van der Waals surface area (Å²) in [6.07, 6.45) is 0. The molecule has 0 spiro atoms. The molecule has 0 amide bonds. The maximum atomic E-state index is 0. The van der Waals surface area contributed by atoms with Crippen molar-refractivity contribution < 1.29 is 27.3 Å². The van der Waals surface area contributed by atoms with Crippen LogP contribution in [0, 0.1) is 0 Å². The molecule has 22 valence electrons. The van der Waals surface area contributed by atoms with Gasteiger partial charge in [-0.05, 0) is 0 Å². The zero-order valence-corrected chi connectivity index (χ0v) is 6.24. The van der Waals surface area contributed by atoms with E-state index in [0.717, 1.165) is 0 Å². The molecule has 0 heterocycles. The van der Waals surface area contributed by atoms with Gasteiger partial charge in [-0.15, -0.1) is 0 Å². The molecule has 0 fully saturated rings. The molecule has 0 aromatic rings. The van der Waals surface area contributed by atoms with Crippen molar-refractivity contribution in [3.05, 3.63) is 0 Å². The van der Waals surface area contributed by atoms with Crippen LogP contribution in [0.1, 0.15) is 0 Å². The fourth-order valence-electron chi connectivity index (χ4n) is 0. The van der Waals surface area contributed by atoms with Crippen molar-refractivity contribution >= 4 is 59.1 Å². The van der Waals surface area contributed by atoms with Crippen molar-refractivity contribution in [2.75, 3.05) is 0 Å². The van der Waals surface area contributed by atoms with E-state index >= 15 is 0 Å². The van der Waals surface area contributed by atoms with Gasteiger partial charge in [-0.3, -0.25) is 0 Å². The molecular formula is H8CdGaInS. The molecule has 0 radical (unpaired) electrons. The predicted molar refractivity (Wildman–Crippen MR) is 30.3 cm³/mol. The van der Waals surface area contributed by atoms with Gasteiger partial charge in [-0.25, -0.2) is 0 Å². The van der Waals surface area contributed by atoms with Crippen LogP contribution >= 0.6 is 13.5 Å². The Bertz CT molecular complexity index is 8.00. The molecule has 4 heteroatoms. The predicted octanol–water partition coefficient (Wildman–Crippen LogP) is -2.26. The van der Waals surface area contributed by atoms with E-state index < -0.39 is 0 Å². The summed E-state index contributed by atoms with van der Waals surface area (Å²) in [5, 5.41) is 0. The summed E-state index contributed by atoms with van der Waals surface area (Å²) in [5.74, 6) is 0. The van der Waals surface area contributed by atoms with Gasteiger partial charge >= 0.3 is 45.6 Å². The Morgan fingerprint density at radius 2 is 1.00 bits per heavy atom. The summed E-state index contributed by atoms with van der Waals surface area (Å²) in [5.41, 5.74) is 0. The number of hydrogen-bond donors (Lipinski definition) is 0. The molecular weight excluding hydrogens is 329 g/mol. The van der Waals surface area contributed by atoms with Crippen LogP contribution in [-0.4, -0.2) is 45.6 Å². The van der Waals surface area contributed by atoms with Crippen molar-refractivity contribution in [1.29, 1.82) is 0 Å². The average molecular weight is 337 g/mol. The first-order valence-electron chi connectivity index (χ1n) is 0. The first-order valence-corrected chi connectivity index (χ1v) is 0. The summed E-state index contributed by atoms with van der Waals surface area (Å²) >= 11 is 0. The third-order valence-corrected chi connectivity index (χ3v) is 0. The van der Waals surface area contributed by atoms with Crippen LogP contribution in [0.5, 0.6) is 0 Å². The minimum absolute atomic E-state index is 0. The van der Waals surface area contributed by atoms with E-state index in [2.05, 4.69) is 0 Å². The van der Waals surface area contributed by atoms with E-state index in [1.807, 2.05) is 0 Å². The maximum absolute atomic E-state index is 0. The van der Waals surface area contributed by atoms with Gasteiger partial charge in [0.1, 0.15) is 0 Å². The number of hydrogen-bond acceptors (Lipinski definition) is 0. The Labute approximate surface area is 84.9 Å². The second-order valence-corrected chi connectivity index (χ2v) is 0. The molecule has 0 aliphatic rings. The van der Waals surface area contributed by atoms with Crippen molar-refractivity contribution in [3.8, 4) is 0 Å². The van der Waals surface area contributed by atoms with Crippen LogP contribution in [-0.2, 0) is 27.3 Å². The Balaban J connectivity index is 0. The Kier molecular flexibility index (Phi) is 125. The fraction of sp³-hybridized carbons (Fsp3) is 0. The normalized spacial score (nSPS) is 0. The van der Waals surface area contributed by atoms with Crippen LogP contribution in [0.2, 0.25) is 0 Å². The Morgan fingerprint density at radius 3 is 1.00 bits per heavy atom. The van der Waals surface area contributed by atoms with Crippen molar-refractivity contribution in [3.63, 3.8) is 0 Å². The second kappa shape index (κ2) is 17.1. The van der Waals surface area contributed by atoms with Gasteiger partial charge in [0.15, 0.2) is 0 Å². The minimum atomic E-state index is 0. The van der Waals surface area contributed by atoms with Gasteiger partial charge in [-0.2, -0.15) is 13.5 Å². The van der Waals surface area contributed by atoms with E-state index in [-0.39, 0.29) is 86.4 Å². The van der Waals surface area contributed by atoms with E-state index in [1.54, 1.807) is 0 Å². The summed E-state index contributed by atoms with van der Waals surface area (Å²) < 4.78 is 0. The summed E-state index contributed by atoms with van der Waals surface area (Å²) in [4.78, 5) is 0. The van der Waals surface area contributed by atoms with Gasteiger partial charge in [0.2, 0.25) is 0 Å². The summed E-state index contributed by atoms with van der Waals surface area (Å²) in [6, 6.07) is 0. The summed E-state index contributed by atoms with van der Waals surface area (Å²) in [7, 11) is 0. The van der Waals surface area contributed by atoms with Gasteiger partial charge in [0, 0.05) is 27.3 Å². The standard InChI is InChI=1S/Cd.Ga.In.H2S.6H/h;;;1H2;;;;;;. The zero-order chi connectivity index (χ0) is 0. The monoisotopic (exact) mass is 338 g/mol. The van der Waals surface area contributed by atoms with Crippen LogP contribution in [0.4, 0.5) is 0 Å². The molecule has 0 bridgehead atoms. The topological polar surface area (TPSA) is 0 Å². The van der Waals surface area contributed by atoms with Crippen molar-refractivity contribution in [2.45, 2.75) is 0 Å².